The van der Waals surface area contributed by atoms with E-state index in [-0.39, 0.29) is 6.04 Å². The molecule has 1 unspecified atom stereocenters. The van der Waals surface area contributed by atoms with Crippen LogP contribution in [0.4, 0.5) is 11.4 Å². The summed E-state index contributed by atoms with van der Waals surface area (Å²) in [6.45, 7) is 4.15. The monoisotopic (exact) mass is 375 g/mol. The summed E-state index contributed by atoms with van der Waals surface area (Å²) in [7, 11) is 0. The third-order valence-corrected chi connectivity index (χ3v) is 4.85. The molecule has 23 heavy (non-hydrogen) atoms. The lowest BCUT2D eigenvalue weighted by Crippen LogP contribution is -2.32. The number of hydrogen-bond acceptors (Lipinski definition) is 5. The highest BCUT2D eigenvalue weighted by atomic mass is 79.9. The minimum atomic E-state index is 0.0890. The molecule has 1 atom stereocenters. The number of benzene rings is 1. The second kappa shape index (κ2) is 7.27. The number of fused-ring (bicyclic) bond motifs is 1. The van der Waals surface area contributed by atoms with E-state index in [2.05, 4.69) is 33.5 Å². The third kappa shape index (κ3) is 3.64. The van der Waals surface area contributed by atoms with Crippen molar-refractivity contribution in [2.24, 2.45) is 15.7 Å². The van der Waals surface area contributed by atoms with Crippen LogP contribution in [0.3, 0.4) is 0 Å². The molecule has 0 saturated carbocycles. The van der Waals surface area contributed by atoms with E-state index in [9.17, 15) is 0 Å². The zero-order valence-corrected chi connectivity index (χ0v) is 14.8. The number of nitrogens with zero attached hydrogens (tertiary/aromatic N) is 2. The molecule has 0 aromatic heterocycles. The maximum atomic E-state index is 5.85. The van der Waals surface area contributed by atoms with Crippen LogP contribution in [0.2, 0.25) is 0 Å². The van der Waals surface area contributed by atoms with Gasteiger partial charge in [-0.15, -0.1) is 0 Å². The Morgan fingerprint density at radius 2 is 2.17 bits per heavy atom. The summed E-state index contributed by atoms with van der Waals surface area (Å²) in [6, 6.07) is 6.49. The van der Waals surface area contributed by atoms with Crippen LogP contribution < -0.4 is 16.4 Å². The van der Waals surface area contributed by atoms with E-state index in [1.807, 2.05) is 24.4 Å². The standard InChI is InChI=1S/C17H22BrN5/c1-11-16(23-17-14(18)3-2-4-15(17)22-11)12(9-19)10-21-13-5-7-20-8-6-13/h2-4,9-11,13,20,22H,5-8,19H2,1H3. The van der Waals surface area contributed by atoms with Gasteiger partial charge in [0.05, 0.1) is 23.5 Å². The zero-order valence-electron chi connectivity index (χ0n) is 13.2. The van der Waals surface area contributed by atoms with E-state index in [1.54, 1.807) is 6.20 Å². The zero-order chi connectivity index (χ0) is 16.2. The molecule has 0 amide bonds. The quantitative estimate of drug-likeness (QED) is 0.710. The molecule has 3 rings (SSSR count). The first kappa shape index (κ1) is 16.2. The van der Waals surface area contributed by atoms with E-state index in [1.165, 1.54) is 0 Å². The van der Waals surface area contributed by atoms with Crippen molar-refractivity contribution in [1.29, 1.82) is 0 Å². The molecule has 4 N–H and O–H groups in total. The first-order valence-electron chi connectivity index (χ1n) is 7.99. The number of nitrogens with one attached hydrogen (secondary N) is 2. The lowest BCUT2D eigenvalue weighted by molar-refractivity contribution is 0.461. The lowest BCUT2D eigenvalue weighted by atomic mass is 10.0. The second-order valence-corrected chi connectivity index (χ2v) is 6.73. The van der Waals surface area contributed by atoms with Gasteiger partial charge >= 0.3 is 0 Å². The van der Waals surface area contributed by atoms with Gasteiger partial charge < -0.3 is 16.4 Å². The highest BCUT2D eigenvalue weighted by Crippen LogP contribution is 2.37. The van der Waals surface area contributed by atoms with Crippen molar-refractivity contribution in [3.05, 3.63) is 34.4 Å². The van der Waals surface area contributed by atoms with Crippen molar-refractivity contribution in [3.8, 4) is 0 Å². The Morgan fingerprint density at radius 1 is 1.39 bits per heavy atom. The highest BCUT2D eigenvalue weighted by Gasteiger charge is 2.22. The molecular weight excluding hydrogens is 354 g/mol. The number of halogens is 1. The van der Waals surface area contributed by atoms with Gasteiger partial charge in [0.15, 0.2) is 0 Å². The smallest absolute Gasteiger partial charge is 0.101 e. The average molecular weight is 376 g/mol. The molecule has 2 heterocycles. The van der Waals surface area contributed by atoms with Gasteiger partial charge in [0.25, 0.3) is 0 Å². The van der Waals surface area contributed by atoms with Crippen LogP contribution in [-0.2, 0) is 0 Å². The van der Waals surface area contributed by atoms with Gasteiger partial charge in [0.2, 0.25) is 0 Å². The van der Waals surface area contributed by atoms with Crippen LogP contribution in [0.5, 0.6) is 0 Å². The lowest BCUT2D eigenvalue weighted by Gasteiger charge is -2.25. The van der Waals surface area contributed by atoms with Crippen molar-refractivity contribution in [1.82, 2.24) is 5.32 Å². The van der Waals surface area contributed by atoms with E-state index in [4.69, 9.17) is 15.7 Å². The molecule has 0 spiro atoms. The van der Waals surface area contributed by atoms with Crippen molar-refractivity contribution in [3.63, 3.8) is 0 Å². The Hall–Kier alpha value is -1.66. The Labute approximate surface area is 145 Å². The van der Waals surface area contributed by atoms with Crippen molar-refractivity contribution in [2.75, 3.05) is 18.4 Å². The van der Waals surface area contributed by atoms with Gasteiger partial charge in [-0.25, -0.2) is 4.99 Å². The number of aliphatic imine (C=N–C) groups is 2. The van der Waals surface area contributed by atoms with Crippen molar-refractivity contribution < 1.29 is 0 Å². The van der Waals surface area contributed by atoms with Gasteiger partial charge in [-0.2, -0.15) is 0 Å². The minimum absolute atomic E-state index is 0.0890. The Kier molecular flexibility index (Phi) is 5.13. The molecule has 2 aliphatic heterocycles. The first-order chi connectivity index (χ1) is 11.2. The average Bonchev–Trinajstić information content (AvgIpc) is 2.57. The van der Waals surface area contributed by atoms with E-state index in [0.29, 0.717) is 6.04 Å². The maximum Gasteiger partial charge on any atom is 0.101 e. The number of para-hydroxylation sites is 1. The number of nitrogens with two attached hydrogens (primary N) is 1. The van der Waals surface area contributed by atoms with Gasteiger partial charge in [-0.05, 0) is 60.9 Å². The fourth-order valence-electron chi connectivity index (χ4n) is 2.91. The number of anilines is 1. The van der Waals surface area contributed by atoms with Gasteiger partial charge in [0.1, 0.15) is 5.69 Å². The van der Waals surface area contributed by atoms with Crippen LogP contribution in [0.15, 0.2) is 44.4 Å². The Balaban J connectivity index is 1.86. The molecule has 1 aromatic carbocycles. The van der Waals surface area contributed by atoms with E-state index < -0.39 is 0 Å². The molecule has 0 radical (unpaired) electrons. The van der Waals surface area contributed by atoms with Gasteiger partial charge in [-0.3, -0.25) is 4.99 Å². The molecule has 1 fully saturated rings. The van der Waals surface area contributed by atoms with Crippen LogP contribution in [0.25, 0.3) is 0 Å². The molecule has 1 aromatic rings. The summed E-state index contributed by atoms with van der Waals surface area (Å²) >= 11 is 3.56. The maximum absolute atomic E-state index is 5.85. The molecular formula is C17H22BrN5. The summed E-state index contributed by atoms with van der Waals surface area (Å²) in [5.41, 5.74) is 9.60. The van der Waals surface area contributed by atoms with Gasteiger partial charge in [0, 0.05) is 22.5 Å². The second-order valence-electron chi connectivity index (χ2n) is 5.88. The number of piperidine rings is 1. The number of rotatable bonds is 3. The third-order valence-electron chi connectivity index (χ3n) is 4.21. The molecule has 2 aliphatic rings. The van der Waals surface area contributed by atoms with Crippen molar-refractivity contribution in [2.45, 2.75) is 31.8 Å². The normalized spacial score (nSPS) is 22.6. The summed E-state index contributed by atoms with van der Waals surface area (Å²) in [4.78, 5) is 9.53. The fourth-order valence-corrected chi connectivity index (χ4v) is 3.37. The Morgan fingerprint density at radius 3 is 2.91 bits per heavy atom. The highest BCUT2D eigenvalue weighted by molar-refractivity contribution is 9.10. The fraction of sp³-hybridized carbons (Fsp3) is 0.412. The van der Waals surface area contributed by atoms with Crippen LogP contribution in [-0.4, -0.2) is 37.1 Å². The first-order valence-corrected chi connectivity index (χ1v) is 8.78. The molecule has 0 bridgehead atoms. The summed E-state index contributed by atoms with van der Waals surface area (Å²) in [5.74, 6) is 0. The molecule has 5 nitrogen and oxygen atoms in total. The number of hydrogen-bond donors (Lipinski definition) is 3. The van der Waals surface area contributed by atoms with Gasteiger partial charge in [-0.1, -0.05) is 6.07 Å². The van der Waals surface area contributed by atoms with Crippen LogP contribution >= 0.6 is 15.9 Å². The minimum Gasteiger partial charge on any atom is -0.404 e. The largest absolute Gasteiger partial charge is 0.404 e. The Bertz CT molecular complexity index is 659. The summed E-state index contributed by atoms with van der Waals surface area (Å²) in [6.07, 6.45) is 5.63. The molecule has 122 valence electrons. The van der Waals surface area contributed by atoms with Crippen molar-refractivity contribution >= 4 is 39.2 Å². The van der Waals surface area contributed by atoms with E-state index >= 15 is 0 Å². The SMILES string of the molecule is CC1Nc2cccc(Br)c2N=C1C(C=NC1CCNCC1)=CN. The molecule has 1 saturated heterocycles. The summed E-state index contributed by atoms with van der Waals surface area (Å²) < 4.78 is 0.971. The topological polar surface area (TPSA) is 74.8 Å². The predicted octanol–water partition coefficient (Wildman–Crippen LogP) is 3.00. The molecule has 6 heteroatoms. The molecule has 0 aliphatic carbocycles. The van der Waals surface area contributed by atoms with E-state index in [0.717, 1.165) is 53.1 Å². The van der Waals surface area contributed by atoms with Crippen LogP contribution in [0, 0.1) is 0 Å². The summed E-state index contributed by atoms with van der Waals surface area (Å²) in [5, 5.41) is 6.83. The van der Waals surface area contributed by atoms with Crippen LogP contribution in [0.1, 0.15) is 19.8 Å². The predicted molar refractivity (Wildman–Crippen MR) is 101 cm³/mol.